The molecule has 0 spiro atoms. The number of fused-ring (bicyclic) bond motifs is 3. The maximum absolute atomic E-state index is 12.2. The Hall–Kier alpha value is -5.66. The Labute approximate surface area is 439 Å². The molecule has 393 valence electrons. The van der Waals surface area contributed by atoms with Gasteiger partial charge >= 0.3 is 0 Å². The molecule has 0 aromatic carbocycles. The molecule has 3 aliphatic carbocycles. The van der Waals surface area contributed by atoms with Crippen LogP contribution in [0.15, 0.2) is 32.6 Å². The van der Waals surface area contributed by atoms with Crippen molar-refractivity contribution >= 4 is 61.2 Å². The molecule has 3 fully saturated rings. The van der Waals surface area contributed by atoms with Gasteiger partial charge in [0.2, 0.25) is 17.7 Å². The number of rotatable bonds is 9. The number of allylic oxidation sites excluding steroid dienone is 3. The average Bonchev–Trinajstić information content (AvgIpc) is 4.08. The van der Waals surface area contributed by atoms with E-state index in [1.54, 1.807) is 6.08 Å². The van der Waals surface area contributed by atoms with Crippen molar-refractivity contribution in [3.05, 3.63) is 101 Å². The van der Waals surface area contributed by atoms with Crippen LogP contribution in [0.3, 0.4) is 0 Å². The zero-order chi connectivity index (χ0) is 51.2. The Kier molecular flexibility index (Phi) is 30.4. The molecule has 0 atom stereocenters. The number of piperazine rings is 3. The number of amides is 3. The lowest BCUT2D eigenvalue weighted by molar-refractivity contribution is -0.133. The number of carbonyl (C=O) groups is 3. The molecule has 9 rings (SSSR count). The average molecular weight is 1000 g/mol. The standard InChI is InChI=1S/C16H22N4O2.2C15H20N4O2.3C2H6.3B/c1-19-8-10-20(11-9-19)15(21)7-6-14-17-13-5-3-2-4-12(13)16(22)18-14;2*1-18-7-9-19(10-8-18)14(20)6-5-13-16-12-4-2-3-11(12)15(21)17-13;3*1-2;;;/h3,5H,2,4,6-11H2,1H3,(H,17,18,22);2,4H,3,5-10H2,1H3,(H,16,17,21);2-3H,4-10H2,1H3,(H,16,17,21);3*1-2H3;;;. The fraction of sp³-hybridized carbons (Fsp3) is 0.596. The molecule has 18 nitrogen and oxygen atoms in total. The van der Waals surface area contributed by atoms with Crippen LogP contribution >= 0.6 is 0 Å². The lowest BCUT2D eigenvalue weighted by atomic mass is 10.0. The first-order valence-electron chi connectivity index (χ1n) is 25.6. The third-order valence-corrected chi connectivity index (χ3v) is 12.6. The fourth-order valence-corrected chi connectivity index (χ4v) is 8.42. The molecule has 3 aromatic heterocycles. The monoisotopic (exact) mass is 1000 g/mol. The molecule has 0 bridgehead atoms. The zero-order valence-electron chi connectivity index (χ0n) is 45.2. The Morgan fingerprint density at radius 2 is 0.822 bits per heavy atom. The van der Waals surface area contributed by atoms with Crippen LogP contribution in [0.1, 0.15) is 118 Å². The molecule has 3 amide bonds. The van der Waals surface area contributed by atoms with E-state index in [9.17, 15) is 28.8 Å². The first-order valence-corrected chi connectivity index (χ1v) is 25.6. The Bertz CT molecular complexity index is 2450. The van der Waals surface area contributed by atoms with Gasteiger partial charge in [0.25, 0.3) is 16.7 Å². The van der Waals surface area contributed by atoms with Crippen LogP contribution in [0.4, 0.5) is 0 Å². The molecule has 0 unspecified atom stereocenters. The van der Waals surface area contributed by atoms with Crippen molar-refractivity contribution in [2.45, 2.75) is 106 Å². The third-order valence-electron chi connectivity index (χ3n) is 12.6. The minimum atomic E-state index is -0.101. The third kappa shape index (κ3) is 19.6. The number of aromatic amines is 3. The first-order chi connectivity index (χ1) is 33.9. The van der Waals surface area contributed by atoms with Crippen LogP contribution in [0.25, 0.3) is 18.2 Å². The van der Waals surface area contributed by atoms with Gasteiger partial charge in [0, 0.05) is 160 Å². The molecule has 3 saturated heterocycles. The van der Waals surface area contributed by atoms with Gasteiger partial charge in [-0.25, -0.2) is 15.0 Å². The summed E-state index contributed by atoms with van der Waals surface area (Å²) < 4.78 is 0. The van der Waals surface area contributed by atoms with Crippen molar-refractivity contribution in [1.29, 1.82) is 0 Å². The van der Waals surface area contributed by atoms with E-state index in [4.69, 9.17) is 0 Å². The van der Waals surface area contributed by atoms with Gasteiger partial charge in [0.1, 0.15) is 17.5 Å². The van der Waals surface area contributed by atoms with Crippen LogP contribution in [-0.2, 0) is 52.9 Å². The molecule has 6 aliphatic rings. The van der Waals surface area contributed by atoms with Crippen LogP contribution in [-0.4, -0.2) is 202 Å². The van der Waals surface area contributed by atoms with Crippen LogP contribution < -0.4 is 16.7 Å². The molecular weight excluding hydrogens is 921 g/mol. The quantitative estimate of drug-likeness (QED) is 0.265. The maximum Gasteiger partial charge on any atom is 0.258 e. The zero-order valence-corrected chi connectivity index (χ0v) is 45.2. The summed E-state index contributed by atoms with van der Waals surface area (Å²) >= 11 is 0. The van der Waals surface area contributed by atoms with Crippen molar-refractivity contribution in [1.82, 2.24) is 59.3 Å². The number of carbonyl (C=O) groups excluding carboxylic acids is 3. The van der Waals surface area contributed by atoms with E-state index in [0.29, 0.717) is 74.4 Å². The number of nitrogens with zero attached hydrogens (tertiary/aromatic N) is 9. The molecule has 73 heavy (non-hydrogen) atoms. The summed E-state index contributed by atoms with van der Waals surface area (Å²) in [4.78, 5) is 106. The Morgan fingerprint density at radius 1 is 0.466 bits per heavy atom. The van der Waals surface area contributed by atoms with Crippen LogP contribution in [0, 0.1) is 0 Å². The van der Waals surface area contributed by atoms with Crippen molar-refractivity contribution in [2.24, 2.45) is 0 Å². The summed E-state index contributed by atoms with van der Waals surface area (Å²) in [5.41, 5.74) is 4.24. The minimum Gasteiger partial charge on any atom is -0.340 e. The van der Waals surface area contributed by atoms with Gasteiger partial charge in [-0.15, -0.1) is 0 Å². The minimum absolute atomic E-state index is 0. The second-order valence-corrected chi connectivity index (χ2v) is 17.3. The highest BCUT2D eigenvalue weighted by atomic mass is 16.2. The van der Waals surface area contributed by atoms with E-state index in [1.165, 1.54) is 0 Å². The topological polar surface area (TPSA) is 208 Å². The number of likely N-dealkylation sites (N-methyl/N-ethyl adjacent to an activating group) is 3. The number of hydrogen-bond acceptors (Lipinski definition) is 12. The molecule has 21 heteroatoms. The van der Waals surface area contributed by atoms with Crippen LogP contribution in [0.5, 0.6) is 0 Å². The molecule has 3 aliphatic heterocycles. The highest BCUT2D eigenvalue weighted by molar-refractivity contribution is 5.77. The van der Waals surface area contributed by atoms with Crippen molar-refractivity contribution in [3.8, 4) is 0 Å². The summed E-state index contributed by atoms with van der Waals surface area (Å²) in [6, 6.07) is 0. The molecule has 9 radical (unpaired) electrons. The predicted molar refractivity (Wildman–Crippen MR) is 296 cm³/mol. The number of hydrogen-bond donors (Lipinski definition) is 3. The molecule has 6 heterocycles. The van der Waals surface area contributed by atoms with E-state index < -0.39 is 0 Å². The lowest BCUT2D eigenvalue weighted by Crippen LogP contribution is -2.47. The van der Waals surface area contributed by atoms with Gasteiger partial charge in [-0.1, -0.05) is 65.8 Å². The highest BCUT2D eigenvalue weighted by Gasteiger charge is 2.23. The second-order valence-electron chi connectivity index (χ2n) is 17.3. The summed E-state index contributed by atoms with van der Waals surface area (Å²) in [6.07, 6.45) is 17.1. The molecule has 3 aromatic rings. The van der Waals surface area contributed by atoms with Gasteiger partial charge < -0.3 is 44.4 Å². The van der Waals surface area contributed by atoms with Gasteiger partial charge in [-0.05, 0) is 52.6 Å². The highest BCUT2D eigenvalue weighted by Crippen LogP contribution is 2.16. The summed E-state index contributed by atoms with van der Waals surface area (Å²) in [6.45, 7) is 22.2. The second kappa shape index (κ2) is 34.0. The normalized spacial score (nSPS) is 16.2. The smallest absolute Gasteiger partial charge is 0.258 e. The van der Waals surface area contributed by atoms with Gasteiger partial charge in [0.05, 0.1) is 22.6 Å². The number of aromatic nitrogens is 6. The van der Waals surface area contributed by atoms with E-state index >= 15 is 0 Å². The lowest BCUT2D eigenvalue weighted by Gasteiger charge is -2.32. The Morgan fingerprint density at radius 3 is 1.26 bits per heavy atom. The SMILES string of the molecule is CC.CC.CC.CN1CCN(C(=O)CCc2nc3c(c(=O)[nH]2)C=CC3)CC1.CN1CCN(C(=O)CCc2nc3c(c(=O)[nH]2)CC=C3)CC1.CN1CCN(C(=O)CCc2nc3c(c(=O)[nH]2)CCC=C3)CC1.[B].[B].[B]. The van der Waals surface area contributed by atoms with E-state index in [2.05, 4.69) is 65.7 Å². The predicted octanol–water partition coefficient (Wildman–Crippen LogP) is 2.46. The summed E-state index contributed by atoms with van der Waals surface area (Å²) in [5, 5.41) is 0. The largest absolute Gasteiger partial charge is 0.340 e. The number of H-pyrrole nitrogens is 3. The first kappa shape index (κ1) is 65.4. The van der Waals surface area contributed by atoms with Crippen molar-refractivity contribution in [3.63, 3.8) is 0 Å². The molecule has 0 saturated carbocycles. The number of nitrogens with one attached hydrogen (secondary N) is 3. The van der Waals surface area contributed by atoms with Gasteiger partial charge in [-0.3, -0.25) is 28.8 Å². The Balaban J connectivity index is 0.000000510. The fourth-order valence-electron chi connectivity index (χ4n) is 8.42. The van der Waals surface area contributed by atoms with E-state index in [1.807, 2.05) is 86.6 Å². The molecular formula is C52H80B3N12O6. The summed E-state index contributed by atoms with van der Waals surface area (Å²) in [7, 11) is 6.20. The maximum atomic E-state index is 12.2. The van der Waals surface area contributed by atoms with Crippen molar-refractivity contribution < 1.29 is 14.4 Å². The van der Waals surface area contributed by atoms with Gasteiger partial charge in [0.15, 0.2) is 0 Å². The molecule has 3 N–H and O–H groups in total. The van der Waals surface area contributed by atoms with E-state index in [0.717, 1.165) is 120 Å². The summed E-state index contributed by atoms with van der Waals surface area (Å²) in [5.74, 6) is 2.26. The number of aryl methyl sites for hydroxylation is 3. The van der Waals surface area contributed by atoms with Crippen molar-refractivity contribution in [2.75, 3.05) is 99.7 Å². The van der Waals surface area contributed by atoms with Crippen LogP contribution in [0.2, 0.25) is 0 Å². The van der Waals surface area contributed by atoms with E-state index in [-0.39, 0.29) is 59.6 Å². The van der Waals surface area contributed by atoms with Gasteiger partial charge in [-0.2, -0.15) is 0 Å².